The molecular formula is C18H21N5O2. The zero-order chi connectivity index (χ0) is 18.0. The molecule has 3 heterocycles. The number of imide groups is 1. The van der Waals surface area contributed by atoms with E-state index in [1.807, 2.05) is 45.0 Å². The van der Waals surface area contributed by atoms with E-state index in [1.165, 1.54) is 4.90 Å². The van der Waals surface area contributed by atoms with Crippen LogP contribution in [-0.2, 0) is 16.0 Å². The summed E-state index contributed by atoms with van der Waals surface area (Å²) in [4.78, 5) is 39.1. The summed E-state index contributed by atoms with van der Waals surface area (Å²) in [5, 5.41) is 3.10. The van der Waals surface area contributed by atoms with E-state index in [9.17, 15) is 9.59 Å². The van der Waals surface area contributed by atoms with E-state index in [2.05, 4.69) is 20.3 Å². The Labute approximate surface area is 146 Å². The molecule has 1 aliphatic heterocycles. The first-order valence-electron chi connectivity index (χ1n) is 8.41. The number of likely N-dealkylation sites (tertiary alicyclic amines) is 1. The molecule has 2 aromatic heterocycles. The zero-order valence-corrected chi connectivity index (χ0v) is 14.6. The molecule has 0 radical (unpaired) electrons. The Kier molecular flexibility index (Phi) is 4.74. The molecule has 0 spiro atoms. The van der Waals surface area contributed by atoms with Crippen molar-refractivity contribution < 1.29 is 9.59 Å². The van der Waals surface area contributed by atoms with Gasteiger partial charge in [-0.05, 0) is 32.4 Å². The number of hydrogen-bond acceptors (Lipinski definition) is 6. The lowest BCUT2D eigenvalue weighted by atomic mass is 10.2. The van der Waals surface area contributed by atoms with Crippen LogP contribution in [0, 0.1) is 0 Å². The maximum atomic E-state index is 12.5. The van der Waals surface area contributed by atoms with Gasteiger partial charge in [0.1, 0.15) is 17.6 Å². The SMILES string of the molecule is CCc1cc(NC2CC(=O)N(C(C)C)C2=O)nc(-c2ccccn2)n1. The number of nitrogens with one attached hydrogen (secondary N) is 1. The van der Waals surface area contributed by atoms with Crippen LogP contribution in [0.1, 0.15) is 32.9 Å². The van der Waals surface area contributed by atoms with Gasteiger partial charge < -0.3 is 5.32 Å². The van der Waals surface area contributed by atoms with E-state index in [0.717, 1.165) is 12.1 Å². The van der Waals surface area contributed by atoms with E-state index in [-0.39, 0.29) is 24.3 Å². The molecule has 1 fully saturated rings. The summed E-state index contributed by atoms with van der Waals surface area (Å²) < 4.78 is 0. The number of anilines is 1. The summed E-state index contributed by atoms with van der Waals surface area (Å²) in [5.41, 5.74) is 1.51. The first kappa shape index (κ1) is 17.0. The van der Waals surface area contributed by atoms with Crippen LogP contribution >= 0.6 is 0 Å². The molecule has 1 unspecified atom stereocenters. The van der Waals surface area contributed by atoms with Crippen molar-refractivity contribution in [2.75, 3.05) is 5.32 Å². The number of rotatable bonds is 5. The number of amides is 2. The minimum Gasteiger partial charge on any atom is -0.358 e. The second kappa shape index (κ2) is 6.96. The first-order valence-corrected chi connectivity index (χ1v) is 8.41. The van der Waals surface area contributed by atoms with Crippen molar-refractivity contribution in [3.8, 4) is 11.5 Å². The lowest BCUT2D eigenvalue weighted by Gasteiger charge is -2.19. The highest BCUT2D eigenvalue weighted by Crippen LogP contribution is 2.22. The maximum Gasteiger partial charge on any atom is 0.252 e. The molecule has 25 heavy (non-hydrogen) atoms. The topological polar surface area (TPSA) is 88.1 Å². The van der Waals surface area contributed by atoms with Gasteiger partial charge >= 0.3 is 0 Å². The fraction of sp³-hybridized carbons (Fsp3) is 0.389. The van der Waals surface area contributed by atoms with Crippen molar-refractivity contribution >= 4 is 17.6 Å². The largest absolute Gasteiger partial charge is 0.358 e. The lowest BCUT2D eigenvalue weighted by molar-refractivity contribution is -0.140. The Morgan fingerprint density at radius 3 is 2.68 bits per heavy atom. The first-order chi connectivity index (χ1) is 12.0. The van der Waals surface area contributed by atoms with Crippen LogP contribution in [0.3, 0.4) is 0 Å². The number of pyridine rings is 1. The number of carbonyl (C=O) groups excluding carboxylic acids is 2. The number of carbonyl (C=O) groups is 2. The highest BCUT2D eigenvalue weighted by Gasteiger charge is 2.40. The molecule has 1 atom stereocenters. The van der Waals surface area contributed by atoms with Crippen molar-refractivity contribution in [2.24, 2.45) is 0 Å². The van der Waals surface area contributed by atoms with Gasteiger partial charge in [0, 0.05) is 24.0 Å². The normalized spacial score (nSPS) is 17.4. The van der Waals surface area contributed by atoms with Crippen LogP contribution in [0.4, 0.5) is 5.82 Å². The van der Waals surface area contributed by atoms with Crippen molar-refractivity contribution in [1.82, 2.24) is 19.9 Å². The molecule has 1 saturated heterocycles. The average Bonchev–Trinajstić information content (AvgIpc) is 2.89. The van der Waals surface area contributed by atoms with E-state index in [1.54, 1.807) is 6.20 Å². The fourth-order valence-electron chi connectivity index (χ4n) is 2.85. The van der Waals surface area contributed by atoms with Gasteiger partial charge in [-0.15, -0.1) is 0 Å². The van der Waals surface area contributed by atoms with Gasteiger partial charge in [0.25, 0.3) is 5.91 Å². The third-order valence-electron chi connectivity index (χ3n) is 4.06. The summed E-state index contributed by atoms with van der Waals surface area (Å²) in [6.45, 7) is 5.66. The lowest BCUT2D eigenvalue weighted by Crippen LogP contribution is -2.39. The molecule has 2 amide bonds. The van der Waals surface area contributed by atoms with E-state index in [0.29, 0.717) is 17.3 Å². The number of aryl methyl sites for hydroxylation is 1. The summed E-state index contributed by atoms with van der Waals surface area (Å²) in [7, 11) is 0. The Morgan fingerprint density at radius 2 is 2.08 bits per heavy atom. The predicted molar refractivity (Wildman–Crippen MR) is 93.7 cm³/mol. The van der Waals surface area contributed by atoms with Gasteiger partial charge in [0.2, 0.25) is 5.91 Å². The maximum absolute atomic E-state index is 12.5. The Bertz CT molecular complexity index is 791. The molecule has 0 saturated carbocycles. The second-order valence-electron chi connectivity index (χ2n) is 6.23. The van der Waals surface area contributed by atoms with Gasteiger partial charge in [-0.3, -0.25) is 19.5 Å². The van der Waals surface area contributed by atoms with Crippen LogP contribution < -0.4 is 5.32 Å². The second-order valence-corrected chi connectivity index (χ2v) is 6.23. The van der Waals surface area contributed by atoms with Gasteiger partial charge in [-0.2, -0.15) is 0 Å². The van der Waals surface area contributed by atoms with Gasteiger partial charge in [-0.1, -0.05) is 13.0 Å². The molecule has 0 aromatic carbocycles. The van der Waals surface area contributed by atoms with Crippen LogP contribution in [0.25, 0.3) is 11.5 Å². The standard InChI is InChI=1S/C18H21N5O2/c1-4-12-9-15(22-17(20-12)13-7-5-6-8-19-13)21-14-10-16(24)23(11(2)3)18(14)25/h5-9,11,14H,4,10H2,1-3H3,(H,20,21,22). The fourth-order valence-corrected chi connectivity index (χ4v) is 2.85. The van der Waals surface area contributed by atoms with E-state index in [4.69, 9.17) is 0 Å². The molecule has 0 aliphatic carbocycles. The van der Waals surface area contributed by atoms with Gasteiger partial charge in [0.05, 0.1) is 6.42 Å². The van der Waals surface area contributed by atoms with Crippen LogP contribution in [0.5, 0.6) is 0 Å². The summed E-state index contributed by atoms with van der Waals surface area (Å²) in [6, 6.07) is 6.61. The molecule has 130 valence electrons. The zero-order valence-electron chi connectivity index (χ0n) is 14.6. The summed E-state index contributed by atoms with van der Waals surface area (Å²) in [6.07, 6.45) is 2.55. The highest BCUT2D eigenvalue weighted by molar-refractivity contribution is 6.07. The molecule has 1 aliphatic rings. The molecule has 1 N–H and O–H groups in total. The van der Waals surface area contributed by atoms with Crippen molar-refractivity contribution in [1.29, 1.82) is 0 Å². The number of hydrogen-bond donors (Lipinski definition) is 1. The van der Waals surface area contributed by atoms with Gasteiger partial charge in [0.15, 0.2) is 5.82 Å². The Hall–Kier alpha value is -2.83. The predicted octanol–water partition coefficient (Wildman–Crippen LogP) is 2.05. The van der Waals surface area contributed by atoms with Gasteiger partial charge in [-0.25, -0.2) is 9.97 Å². The van der Waals surface area contributed by atoms with E-state index < -0.39 is 6.04 Å². The number of aromatic nitrogens is 3. The third kappa shape index (κ3) is 3.50. The molecule has 3 rings (SSSR count). The molecule has 2 aromatic rings. The van der Waals surface area contributed by atoms with Crippen LogP contribution in [0.15, 0.2) is 30.5 Å². The Morgan fingerprint density at radius 1 is 1.28 bits per heavy atom. The average molecular weight is 339 g/mol. The smallest absolute Gasteiger partial charge is 0.252 e. The third-order valence-corrected chi connectivity index (χ3v) is 4.06. The van der Waals surface area contributed by atoms with E-state index >= 15 is 0 Å². The monoisotopic (exact) mass is 339 g/mol. The van der Waals surface area contributed by atoms with Crippen LogP contribution in [-0.4, -0.2) is 43.7 Å². The molecular weight excluding hydrogens is 318 g/mol. The van der Waals surface area contributed by atoms with Crippen molar-refractivity contribution in [3.63, 3.8) is 0 Å². The van der Waals surface area contributed by atoms with Crippen molar-refractivity contribution in [3.05, 3.63) is 36.2 Å². The molecule has 7 nitrogen and oxygen atoms in total. The quantitative estimate of drug-likeness (QED) is 0.839. The minimum absolute atomic E-state index is 0.140. The molecule has 7 heteroatoms. The minimum atomic E-state index is -0.592. The molecule has 0 bridgehead atoms. The number of nitrogens with zero attached hydrogens (tertiary/aromatic N) is 4. The Balaban J connectivity index is 1.88. The van der Waals surface area contributed by atoms with Crippen LogP contribution in [0.2, 0.25) is 0 Å². The van der Waals surface area contributed by atoms with Crippen molar-refractivity contribution in [2.45, 2.75) is 45.7 Å². The summed E-state index contributed by atoms with van der Waals surface area (Å²) in [5.74, 6) is 0.660. The highest BCUT2D eigenvalue weighted by atomic mass is 16.2. The summed E-state index contributed by atoms with van der Waals surface area (Å²) >= 11 is 0.